The second-order valence-electron chi connectivity index (χ2n) is 6.95. The summed E-state index contributed by atoms with van der Waals surface area (Å²) in [6, 6.07) is 12.3. The normalized spacial score (nSPS) is 14.9. The molecular formula is C23H23N3O4. The van der Waals surface area contributed by atoms with Crippen LogP contribution in [0, 0.1) is 11.3 Å². The number of benzene rings is 2. The van der Waals surface area contributed by atoms with E-state index >= 15 is 0 Å². The van der Waals surface area contributed by atoms with Gasteiger partial charge in [0.1, 0.15) is 29.2 Å². The predicted octanol–water partition coefficient (Wildman–Crippen LogP) is 3.91. The first-order valence-corrected chi connectivity index (χ1v) is 9.66. The molecule has 0 saturated carbocycles. The summed E-state index contributed by atoms with van der Waals surface area (Å²) >= 11 is 0. The average Bonchev–Trinajstić information content (AvgIpc) is 3.06. The number of ether oxygens (including phenoxy) is 2. The van der Waals surface area contributed by atoms with E-state index in [9.17, 15) is 14.9 Å². The van der Waals surface area contributed by atoms with Crippen molar-refractivity contribution >= 4 is 29.3 Å². The van der Waals surface area contributed by atoms with Crippen LogP contribution in [0.1, 0.15) is 31.9 Å². The summed E-state index contributed by atoms with van der Waals surface area (Å²) in [5, 5.41) is 14.9. The van der Waals surface area contributed by atoms with E-state index in [0.29, 0.717) is 29.3 Å². The quantitative estimate of drug-likeness (QED) is 0.561. The number of carbonyl (C=O) groups excluding carboxylic acids is 2. The Kier molecular flexibility index (Phi) is 6.38. The van der Waals surface area contributed by atoms with Gasteiger partial charge in [0.15, 0.2) is 0 Å². The van der Waals surface area contributed by atoms with Gasteiger partial charge in [-0.05, 0) is 56.3 Å². The molecule has 30 heavy (non-hydrogen) atoms. The molecule has 2 aromatic rings. The molecule has 1 atom stereocenters. The van der Waals surface area contributed by atoms with Gasteiger partial charge < -0.3 is 20.1 Å². The van der Waals surface area contributed by atoms with Crippen molar-refractivity contribution in [1.29, 1.82) is 5.26 Å². The van der Waals surface area contributed by atoms with E-state index < -0.39 is 5.91 Å². The Morgan fingerprint density at radius 1 is 1.23 bits per heavy atom. The lowest BCUT2D eigenvalue weighted by molar-refractivity contribution is -0.114. The number of amides is 2. The molecule has 0 spiro atoms. The molecule has 1 aliphatic heterocycles. The van der Waals surface area contributed by atoms with Gasteiger partial charge in [0, 0.05) is 35.8 Å². The molecule has 0 aromatic heterocycles. The molecule has 7 nitrogen and oxygen atoms in total. The minimum atomic E-state index is -0.540. The Morgan fingerprint density at radius 3 is 2.50 bits per heavy atom. The highest BCUT2D eigenvalue weighted by Gasteiger charge is 2.22. The van der Waals surface area contributed by atoms with Crippen LogP contribution in [0.3, 0.4) is 0 Å². The van der Waals surface area contributed by atoms with Crippen LogP contribution in [0.5, 0.6) is 11.5 Å². The van der Waals surface area contributed by atoms with Crippen molar-refractivity contribution in [3.63, 3.8) is 0 Å². The lowest BCUT2D eigenvalue weighted by atomic mass is 10.0. The maximum Gasteiger partial charge on any atom is 0.266 e. The summed E-state index contributed by atoms with van der Waals surface area (Å²) < 4.78 is 11.5. The van der Waals surface area contributed by atoms with Gasteiger partial charge >= 0.3 is 0 Å². The van der Waals surface area contributed by atoms with Crippen molar-refractivity contribution in [3.05, 3.63) is 53.1 Å². The number of carbonyl (C=O) groups is 2. The molecule has 0 saturated heterocycles. The van der Waals surface area contributed by atoms with Gasteiger partial charge in [-0.2, -0.15) is 5.26 Å². The summed E-state index contributed by atoms with van der Waals surface area (Å²) in [5.41, 5.74) is 2.72. The van der Waals surface area contributed by atoms with Gasteiger partial charge in [-0.3, -0.25) is 9.59 Å². The Bertz CT molecular complexity index is 1040. The van der Waals surface area contributed by atoms with Crippen molar-refractivity contribution < 1.29 is 19.1 Å². The molecule has 0 radical (unpaired) electrons. The highest BCUT2D eigenvalue weighted by atomic mass is 16.5. The molecule has 0 unspecified atom stereocenters. The van der Waals surface area contributed by atoms with Crippen LogP contribution < -0.4 is 20.1 Å². The molecule has 3 rings (SSSR count). The van der Waals surface area contributed by atoms with Crippen molar-refractivity contribution in [3.8, 4) is 17.6 Å². The van der Waals surface area contributed by atoms with Crippen LogP contribution in [-0.2, 0) is 16.0 Å². The van der Waals surface area contributed by atoms with Crippen LogP contribution in [0.2, 0.25) is 0 Å². The van der Waals surface area contributed by atoms with Crippen LogP contribution >= 0.6 is 0 Å². The van der Waals surface area contributed by atoms with E-state index in [4.69, 9.17) is 9.47 Å². The molecule has 154 valence electrons. The molecule has 0 aliphatic carbocycles. The van der Waals surface area contributed by atoms with Gasteiger partial charge in [-0.25, -0.2) is 0 Å². The monoisotopic (exact) mass is 405 g/mol. The number of nitriles is 1. The standard InChI is InChI=1S/C23H23N3O4/c1-4-29-21-11-16-9-14(2)30-22(16)12-17(21)10-18(13-24)23(28)26-20-7-5-19(6-8-20)25-15(3)27/h5-8,10-12,14H,4,9H2,1-3H3,(H,25,27)(H,26,28)/b18-10+/t14-/m1/s1. The third-order valence-corrected chi connectivity index (χ3v) is 4.46. The van der Waals surface area contributed by atoms with Crippen LogP contribution in [0.4, 0.5) is 11.4 Å². The van der Waals surface area contributed by atoms with E-state index in [1.54, 1.807) is 30.3 Å². The van der Waals surface area contributed by atoms with E-state index in [0.717, 1.165) is 17.7 Å². The van der Waals surface area contributed by atoms with Crippen molar-refractivity contribution in [2.24, 2.45) is 0 Å². The third-order valence-electron chi connectivity index (χ3n) is 4.46. The smallest absolute Gasteiger partial charge is 0.266 e. The fraction of sp³-hybridized carbons (Fsp3) is 0.261. The average molecular weight is 405 g/mol. The number of hydrogen-bond donors (Lipinski definition) is 2. The second kappa shape index (κ2) is 9.14. The first-order valence-electron chi connectivity index (χ1n) is 9.66. The predicted molar refractivity (Wildman–Crippen MR) is 114 cm³/mol. The molecular weight excluding hydrogens is 382 g/mol. The number of nitrogens with one attached hydrogen (secondary N) is 2. The van der Waals surface area contributed by atoms with Gasteiger partial charge in [0.05, 0.1) is 6.61 Å². The first kappa shape index (κ1) is 20.9. The molecule has 2 N–H and O–H groups in total. The molecule has 2 amide bonds. The minimum Gasteiger partial charge on any atom is -0.493 e. The Balaban J connectivity index is 1.83. The molecule has 1 heterocycles. The number of fused-ring (bicyclic) bond motifs is 1. The second-order valence-corrected chi connectivity index (χ2v) is 6.95. The summed E-state index contributed by atoms with van der Waals surface area (Å²) in [5.74, 6) is 0.624. The number of hydrogen-bond acceptors (Lipinski definition) is 5. The fourth-order valence-corrected chi connectivity index (χ4v) is 3.19. The minimum absolute atomic E-state index is 0.0621. The third kappa shape index (κ3) is 4.97. The van der Waals surface area contributed by atoms with Gasteiger partial charge in [-0.1, -0.05) is 0 Å². The molecule has 1 aliphatic rings. The number of anilines is 2. The zero-order valence-electron chi connectivity index (χ0n) is 17.1. The summed E-state index contributed by atoms with van der Waals surface area (Å²) in [4.78, 5) is 23.7. The zero-order chi connectivity index (χ0) is 21.7. The van der Waals surface area contributed by atoms with Gasteiger partial charge in [0.2, 0.25) is 5.91 Å². The van der Waals surface area contributed by atoms with E-state index in [1.807, 2.05) is 26.0 Å². The zero-order valence-corrected chi connectivity index (χ0v) is 17.1. The number of nitrogens with zero attached hydrogens (tertiary/aromatic N) is 1. The lowest BCUT2D eigenvalue weighted by Crippen LogP contribution is -2.13. The molecule has 0 fully saturated rings. The van der Waals surface area contributed by atoms with Gasteiger partial charge in [0.25, 0.3) is 5.91 Å². The Hall–Kier alpha value is -3.79. The highest BCUT2D eigenvalue weighted by Crippen LogP contribution is 2.36. The van der Waals surface area contributed by atoms with Crippen molar-refractivity contribution in [2.75, 3.05) is 17.2 Å². The largest absolute Gasteiger partial charge is 0.493 e. The Morgan fingerprint density at radius 2 is 1.90 bits per heavy atom. The van der Waals surface area contributed by atoms with Crippen LogP contribution in [0.25, 0.3) is 6.08 Å². The van der Waals surface area contributed by atoms with Crippen molar-refractivity contribution in [1.82, 2.24) is 0 Å². The molecule has 0 bridgehead atoms. The topological polar surface area (TPSA) is 100 Å². The Labute approximate surface area is 175 Å². The lowest BCUT2D eigenvalue weighted by Gasteiger charge is -2.11. The summed E-state index contributed by atoms with van der Waals surface area (Å²) in [7, 11) is 0. The molecule has 2 aromatic carbocycles. The van der Waals surface area contributed by atoms with Crippen LogP contribution in [-0.4, -0.2) is 24.5 Å². The summed E-state index contributed by atoms with van der Waals surface area (Å²) in [6.07, 6.45) is 2.37. The maximum absolute atomic E-state index is 12.6. The van der Waals surface area contributed by atoms with E-state index in [1.165, 1.54) is 13.0 Å². The van der Waals surface area contributed by atoms with Crippen LogP contribution in [0.15, 0.2) is 42.0 Å². The number of rotatable bonds is 6. The molecule has 7 heteroatoms. The SMILES string of the molecule is CCOc1cc2c(cc1/C=C(\C#N)C(=O)Nc1ccc(NC(C)=O)cc1)O[C@H](C)C2. The van der Waals surface area contributed by atoms with E-state index in [-0.39, 0.29) is 17.6 Å². The fourth-order valence-electron chi connectivity index (χ4n) is 3.19. The summed E-state index contributed by atoms with van der Waals surface area (Å²) in [6.45, 7) is 5.75. The maximum atomic E-state index is 12.6. The van der Waals surface area contributed by atoms with Crippen molar-refractivity contribution in [2.45, 2.75) is 33.3 Å². The van der Waals surface area contributed by atoms with E-state index in [2.05, 4.69) is 10.6 Å². The first-order chi connectivity index (χ1) is 14.4. The highest BCUT2D eigenvalue weighted by molar-refractivity contribution is 6.10. The van der Waals surface area contributed by atoms with Gasteiger partial charge in [-0.15, -0.1) is 0 Å².